The van der Waals surface area contributed by atoms with E-state index >= 15 is 0 Å². The molecule has 1 aliphatic rings. The smallest absolute Gasteiger partial charge is 0.308 e. The number of amidine groups is 2. The quantitative estimate of drug-likeness (QED) is 0.334. The summed E-state index contributed by atoms with van der Waals surface area (Å²) in [5, 5.41) is 16.8. The van der Waals surface area contributed by atoms with Crippen LogP contribution in [0.2, 0.25) is 5.02 Å². The average Bonchev–Trinajstić information content (AvgIpc) is 3.32. The molecule has 202 valence electrons. The molecule has 8 nitrogen and oxygen atoms in total. The lowest BCUT2D eigenvalue weighted by Crippen LogP contribution is -2.42. The summed E-state index contributed by atoms with van der Waals surface area (Å²) in [6, 6.07) is 18.9. The van der Waals surface area contributed by atoms with Gasteiger partial charge < -0.3 is 5.32 Å². The third-order valence-electron chi connectivity index (χ3n) is 5.71. The van der Waals surface area contributed by atoms with Crippen molar-refractivity contribution >= 4 is 44.9 Å². The second-order valence-electron chi connectivity index (χ2n) is 8.51. The van der Waals surface area contributed by atoms with Crippen molar-refractivity contribution in [3.63, 3.8) is 0 Å². The molecule has 1 amide bonds. The number of rotatable bonds is 4. The van der Waals surface area contributed by atoms with Gasteiger partial charge in [0.05, 0.1) is 22.7 Å². The van der Waals surface area contributed by atoms with Crippen LogP contribution in [-0.2, 0) is 21.0 Å². The first-order valence-corrected chi connectivity index (χ1v) is 13.2. The lowest BCUT2D eigenvalue weighted by atomic mass is 9.91. The van der Waals surface area contributed by atoms with Crippen LogP contribution in [0.4, 0.5) is 13.2 Å². The molecule has 0 aromatic heterocycles. The van der Waals surface area contributed by atoms with Gasteiger partial charge in [0.15, 0.2) is 5.84 Å². The minimum atomic E-state index is -4.65. The Morgan fingerprint density at radius 2 is 1.67 bits per heavy atom. The average molecular weight is 576 g/mol. The third-order valence-corrected chi connectivity index (χ3v) is 7.24. The molecule has 13 heteroatoms. The van der Waals surface area contributed by atoms with Crippen LogP contribution in [0.5, 0.6) is 0 Å². The molecule has 0 bridgehead atoms. The molecule has 0 saturated carbocycles. The van der Waals surface area contributed by atoms with Crippen LogP contribution in [0.15, 0.2) is 93.3 Å². The van der Waals surface area contributed by atoms with Crippen LogP contribution in [0.3, 0.4) is 0 Å². The van der Waals surface area contributed by atoms with E-state index in [4.69, 9.17) is 17.0 Å². The van der Waals surface area contributed by atoms with Gasteiger partial charge in [0.1, 0.15) is 0 Å². The van der Waals surface area contributed by atoms with E-state index < -0.39 is 44.2 Å². The van der Waals surface area contributed by atoms with Crippen molar-refractivity contribution < 1.29 is 26.4 Å². The van der Waals surface area contributed by atoms with Crippen LogP contribution < -0.4 is 5.32 Å². The fraction of sp³-hybridized carbons (Fsp3) is 0.154. The van der Waals surface area contributed by atoms with Gasteiger partial charge in [-0.25, -0.2) is 5.01 Å². The monoisotopic (exact) mass is 575 g/mol. The van der Waals surface area contributed by atoms with E-state index in [9.17, 15) is 26.4 Å². The van der Waals surface area contributed by atoms with Crippen molar-refractivity contribution in [1.29, 1.82) is 5.41 Å². The summed E-state index contributed by atoms with van der Waals surface area (Å²) in [7, 11) is -4.61. The summed E-state index contributed by atoms with van der Waals surface area (Å²) in [6.07, 6.45) is -4.65. The van der Waals surface area contributed by atoms with Crippen molar-refractivity contribution in [3.8, 4) is 0 Å². The predicted molar refractivity (Wildman–Crippen MR) is 141 cm³/mol. The highest BCUT2D eigenvalue weighted by Gasteiger charge is 2.35. The number of hydrazone groups is 1. The Labute approximate surface area is 227 Å². The summed E-state index contributed by atoms with van der Waals surface area (Å²) in [6.45, 7) is 1.20. The van der Waals surface area contributed by atoms with Crippen molar-refractivity contribution in [2.75, 3.05) is 6.54 Å². The second-order valence-corrected chi connectivity index (χ2v) is 10.5. The van der Waals surface area contributed by atoms with Gasteiger partial charge in [-0.05, 0) is 47.5 Å². The van der Waals surface area contributed by atoms with Crippen molar-refractivity contribution in [2.45, 2.75) is 23.9 Å². The zero-order valence-electron chi connectivity index (χ0n) is 20.3. The summed E-state index contributed by atoms with van der Waals surface area (Å²) in [4.78, 5) is 11.2. The Kier molecular flexibility index (Phi) is 7.89. The first-order valence-electron chi connectivity index (χ1n) is 11.4. The third kappa shape index (κ3) is 6.52. The first-order chi connectivity index (χ1) is 18.3. The summed E-state index contributed by atoms with van der Waals surface area (Å²) in [5.41, 5.74) is 1.05. The fourth-order valence-corrected chi connectivity index (χ4v) is 5.02. The molecule has 3 aromatic rings. The van der Waals surface area contributed by atoms with Gasteiger partial charge in [0.2, 0.25) is 11.7 Å². The van der Waals surface area contributed by atoms with Crippen LogP contribution in [0.25, 0.3) is 0 Å². The normalized spacial score (nSPS) is 16.1. The number of hydrogen-bond acceptors (Lipinski definition) is 5. The van der Waals surface area contributed by atoms with Gasteiger partial charge in [-0.15, -0.1) is 4.40 Å². The number of alkyl halides is 3. The molecule has 3 aromatic carbocycles. The molecule has 1 heterocycles. The highest BCUT2D eigenvalue weighted by molar-refractivity contribution is 7.90. The second kappa shape index (κ2) is 11.0. The maximum atomic E-state index is 13.1. The maximum Gasteiger partial charge on any atom is 0.416 e. The Balaban J connectivity index is 1.80. The highest BCUT2D eigenvalue weighted by atomic mass is 35.5. The van der Waals surface area contributed by atoms with E-state index in [2.05, 4.69) is 14.8 Å². The number of benzene rings is 3. The number of nitrogens with zero attached hydrogens (tertiary/aromatic N) is 3. The lowest BCUT2D eigenvalue weighted by molar-refractivity contribution is -0.137. The van der Waals surface area contributed by atoms with Gasteiger partial charge in [-0.2, -0.15) is 26.7 Å². The van der Waals surface area contributed by atoms with E-state index in [1.165, 1.54) is 5.01 Å². The van der Waals surface area contributed by atoms with Gasteiger partial charge >= 0.3 is 6.18 Å². The molecule has 1 unspecified atom stereocenters. The van der Waals surface area contributed by atoms with Crippen molar-refractivity contribution in [3.05, 3.63) is 101 Å². The molecule has 39 heavy (non-hydrogen) atoms. The van der Waals surface area contributed by atoms with Gasteiger partial charge in [0.25, 0.3) is 10.0 Å². The van der Waals surface area contributed by atoms with Crippen LogP contribution in [0, 0.1) is 5.41 Å². The molecule has 1 aliphatic heterocycles. The van der Waals surface area contributed by atoms with Crippen molar-refractivity contribution in [1.82, 2.24) is 10.3 Å². The van der Waals surface area contributed by atoms with Gasteiger partial charge in [-0.1, -0.05) is 54.1 Å². The topological polar surface area (TPSA) is 115 Å². The summed E-state index contributed by atoms with van der Waals surface area (Å²) in [5.74, 6) is -2.18. The molecule has 0 radical (unpaired) electrons. The fourth-order valence-electron chi connectivity index (χ4n) is 3.90. The number of sulfonamides is 1. The molecule has 4 rings (SSSR count). The number of amides is 1. The molecular weight excluding hydrogens is 555 g/mol. The van der Waals surface area contributed by atoms with Gasteiger partial charge in [-0.3, -0.25) is 10.2 Å². The van der Waals surface area contributed by atoms with Crippen LogP contribution in [0.1, 0.15) is 29.5 Å². The minimum absolute atomic E-state index is 0.0608. The zero-order chi connectivity index (χ0) is 28.4. The highest BCUT2D eigenvalue weighted by Crippen LogP contribution is 2.31. The largest absolute Gasteiger partial charge is 0.416 e. The summed E-state index contributed by atoms with van der Waals surface area (Å²) >= 11 is 6.04. The summed E-state index contributed by atoms with van der Waals surface area (Å²) < 4.78 is 68.9. The zero-order valence-corrected chi connectivity index (χ0v) is 21.8. The number of halogens is 4. The Morgan fingerprint density at radius 3 is 2.23 bits per heavy atom. The predicted octanol–water partition coefficient (Wildman–Crippen LogP) is 5.06. The maximum absolute atomic E-state index is 13.1. The number of nitrogens with one attached hydrogen (secondary N) is 2. The van der Waals surface area contributed by atoms with E-state index in [1.807, 2.05) is 30.3 Å². The molecule has 2 N–H and O–H groups in total. The number of carbonyl (C=O) groups excluding carboxylic acids is 1. The van der Waals surface area contributed by atoms with Crippen LogP contribution >= 0.6 is 11.6 Å². The van der Waals surface area contributed by atoms with E-state index in [-0.39, 0.29) is 12.5 Å². The molecular formula is C26H21ClF3N5O3S. The van der Waals surface area contributed by atoms with E-state index in [0.717, 1.165) is 24.6 Å². The molecule has 1 atom stereocenters. The number of hydrogen-bond donors (Lipinski definition) is 2. The molecule has 0 aliphatic carbocycles. The van der Waals surface area contributed by atoms with Crippen LogP contribution in [-0.4, -0.2) is 43.3 Å². The Bertz CT molecular complexity index is 1560. The van der Waals surface area contributed by atoms with Gasteiger partial charge in [0, 0.05) is 17.9 Å². The molecule has 0 fully saturated rings. The molecule has 0 spiro atoms. The van der Waals surface area contributed by atoms with E-state index in [0.29, 0.717) is 28.4 Å². The lowest BCUT2D eigenvalue weighted by Gasteiger charge is -2.19. The molecule has 0 saturated heterocycles. The first kappa shape index (κ1) is 28.0. The SMILES string of the molecule is CC(=O)NC(=N)/C(=N\S(=O)(=O)c1ccc(C(F)(F)F)cc1)N1CC(c2ccccc2)C(c2ccc(Cl)cc2)=N1. The van der Waals surface area contributed by atoms with Crippen molar-refractivity contribution in [2.24, 2.45) is 9.50 Å². The Morgan fingerprint density at radius 1 is 1.05 bits per heavy atom. The Hall–Kier alpha value is -4.03. The minimum Gasteiger partial charge on any atom is -0.308 e. The standard InChI is InChI=1S/C26H21ClF3N5O3S/c1-16(36)32-24(31)25(34-39(37,38)21-13-9-19(10-14-21)26(28,29)30)35-15-22(17-5-3-2-4-6-17)23(33-35)18-7-11-20(27)12-8-18/h2-14,22H,15H2,1H3,(H2,31,32,36)/b34-25+. The van der Waals surface area contributed by atoms with E-state index in [1.54, 1.807) is 24.3 Å². The number of carbonyl (C=O) groups is 1.